The number of likely N-dealkylation sites (tertiary alicyclic amines) is 1. The fourth-order valence-electron chi connectivity index (χ4n) is 4.25. The van der Waals surface area contributed by atoms with Gasteiger partial charge in [0.25, 0.3) is 0 Å². The molecule has 0 saturated carbocycles. The molecule has 5 heteroatoms. The molecule has 3 aromatic carbocycles. The van der Waals surface area contributed by atoms with E-state index in [4.69, 9.17) is 9.72 Å². The Kier molecular flexibility index (Phi) is 5.10. The molecule has 5 rings (SSSR count). The summed E-state index contributed by atoms with van der Waals surface area (Å²) in [5, 5.41) is 2.22. The van der Waals surface area contributed by atoms with Gasteiger partial charge in [-0.2, -0.15) is 0 Å². The molecule has 2 heterocycles. The van der Waals surface area contributed by atoms with Crippen LogP contribution >= 0.6 is 0 Å². The van der Waals surface area contributed by atoms with Gasteiger partial charge in [0.1, 0.15) is 24.7 Å². The van der Waals surface area contributed by atoms with Crippen molar-refractivity contribution in [3.05, 3.63) is 72.6 Å². The molecule has 0 unspecified atom stereocenters. The third-order valence-electron chi connectivity index (χ3n) is 5.84. The number of carbonyl (C=O) groups is 1. The van der Waals surface area contributed by atoms with Crippen LogP contribution in [0.15, 0.2) is 66.7 Å². The summed E-state index contributed by atoms with van der Waals surface area (Å²) in [7, 11) is 0. The van der Waals surface area contributed by atoms with Gasteiger partial charge in [0, 0.05) is 18.5 Å². The second-order valence-electron chi connectivity index (χ2n) is 7.81. The van der Waals surface area contributed by atoms with Gasteiger partial charge in [-0.15, -0.1) is 0 Å². The number of aromatic nitrogens is 2. The normalized spacial score (nSPS) is 14.3. The molecule has 4 aromatic rings. The zero-order valence-electron chi connectivity index (χ0n) is 17.0. The molecule has 0 radical (unpaired) electrons. The number of hydrogen-bond donors (Lipinski definition) is 0. The van der Waals surface area contributed by atoms with Crippen LogP contribution in [0.4, 0.5) is 0 Å². The van der Waals surface area contributed by atoms with Gasteiger partial charge in [-0.05, 0) is 42.8 Å². The fourth-order valence-corrected chi connectivity index (χ4v) is 4.25. The molecule has 1 saturated heterocycles. The maximum atomic E-state index is 12.9. The lowest BCUT2D eigenvalue weighted by atomic mass is 10.1. The molecule has 0 N–H and O–H groups in total. The fraction of sp³-hybridized carbons (Fsp3) is 0.280. The number of ether oxygens (including phenoxy) is 1. The Balaban J connectivity index is 1.43. The van der Waals surface area contributed by atoms with Gasteiger partial charge in [-0.1, -0.05) is 48.5 Å². The molecule has 30 heavy (non-hydrogen) atoms. The topological polar surface area (TPSA) is 47.4 Å². The molecule has 0 aliphatic carbocycles. The van der Waals surface area contributed by atoms with E-state index in [1.54, 1.807) is 0 Å². The molecule has 152 valence electrons. The largest absolute Gasteiger partial charge is 0.485 e. The number of rotatable bonds is 5. The van der Waals surface area contributed by atoms with Crippen LogP contribution in [0.2, 0.25) is 0 Å². The minimum atomic E-state index is 0.157. The third kappa shape index (κ3) is 3.63. The average Bonchev–Trinajstić information content (AvgIpc) is 3.15. The Labute approximate surface area is 175 Å². The van der Waals surface area contributed by atoms with Gasteiger partial charge in [-0.25, -0.2) is 4.98 Å². The summed E-state index contributed by atoms with van der Waals surface area (Å²) in [5.74, 6) is 1.76. The summed E-state index contributed by atoms with van der Waals surface area (Å²) in [4.78, 5) is 19.7. The van der Waals surface area contributed by atoms with E-state index in [2.05, 4.69) is 18.2 Å². The number of nitrogens with zero attached hydrogens (tertiary/aromatic N) is 3. The van der Waals surface area contributed by atoms with Crippen LogP contribution in [0, 0.1) is 0 Å². The molecule has 0 spiro atoms. The van der Waals surface area contributed by atoms with Crippen molar-refractivity contribution in [2.45, 2.75) is 32.4 Å². The standard InChI is InChI=1S/C25H25N3O2/c29-25(27-15-6-1-7-16-27)17-28-22-13-5-4-12-21(22)26-24(28)18-30-23-14-8-10-19-9-2-3-11-20(19)23/h2-5,8-14H,1,6-7,15-18H2. The first-order chi connectivity index (χ1) is 14.8. The van der Waals surface area contributed by atoms with Crippen LogP contribution in [-0.4, -0.2) is 33.4 Å². The Morgan fingerprint density at radius 3 is 2.57 bits per heavy atom. The van der Waals surface area contributed by atoms with Gasteiger partial charge < -0.3 is 14.2 Å². The number of amides is 1. The first-order valence-corrected chi connectivity index (χ1v) is 10.6. The van der Waals surface area contributed by atoms with Gasteiger partial charge in [-0.3, -0.25) is 4.79 Å². The van der Waals surface area contributed by atoms with E-state index < -0.39 is 0 Å². The van der Waals surface area contributed by atoms with Crippen LogP contribution in [-0.2, 0) is 17.9 Å². The van der Waals surface area contributed by atoms with Gasteiger partial charge in [0.2, 0.25) is 5.91 Å². The van der Waals surface area contributed by atoms with E-state index in [0.717, 1.165) is 59.3 Å². The predicted octanol–water partition coefficient (Wildman–Crippen LogP) is 4.78. The molecule has 5 nitrogen and oxygen atoms in total. The van der Waals surface area contributed by atoms with Crippen LogP contribution in [0.5, 0.6) is 5.75 Å². The van der Waals surface area contributed by atoms with Crippen molar-refractivity contribution in [2.75, 3.05) is 13.1 Å². The molecule has 0 bridgehead atoms. The van der Waals surface area contributed by atoms with Crippen molar-refractivity contribution in [2.24, 2.45) is 0 Å². The quantitative estimate of drug-likeness (QED) is 0.485. The molecule has 1 fully saturated rings. The molecule has 0 atom stereocenters. The van der Waals surface area contributed by atoms with Crippen molar-refractivity contribution in [3.8, 4) is 5.75 Å². The predicted molar refractivity (Wildman–Crippen MR) is 118 cm³/mol. The van der Waals surface area contributed by atoms with Crippen LogP contribution in [0.1, 0.15) is 25.1 Å². The zero-order valence-corrected chi connectivity index (χ0v) is 17.0. The SMILES string of the molecule is O=C(Cn1c(COc2cccc3ccccc23)nc2ccccc21)N1CCCCC1. The first-order valence-electron chi connectivity index (χ1n) is 10.6. The summed E-state index contributed by atoms with van der Waals surface area (Å²) in [5.41, 5.74) is 1.86. The number of benzene rings is 3. The van der Waals surface area contributed by atoms with Crippen LogP contribution in [0.25, 0.3) is 21.8 Å². The van der Waals surface area contributed by atoms with Gasteiger partial charge >= 0.3 is 0 Å². The van der Waals surface area contributed by atoms with E-state index in [9.17, 15) is 4.79 Å². The average molecular weight is 399 g/mol. The maximum absolute atomic E-state index is 12.9. The number of piperidine rings is 1. The van der Waals surface area contributed by atoms with E-state index >= 15 is 0 Å². The minimum absolute atomic E-state index is 0.157. The summed E-state index contributed by atoms with van der Waals surface area (Å²) in [6, 6.07) is 22.2. The van der Waals surface area contributed by atoms with Crippen LogP contribution in [0.3, 0.4) is 0 Å². The van der Waals surface area contributed by atoms with Crippen molar-refractivity contribution >= 4 is 27.7 Å². The highest BCUT2D eigenvalue weighted by atomic mass is 16.5. The Morgan fingerprint density at radius 1 is 0.900 bits per heavy atom. The number of hydrogen-bond acceptors (Lipinski definition) is 3. The zero-order chi connectivity index (χ0) is 20.3. The van der Waals surface area contributed by atoms with E-state index in [-0.39, 0.29) is 5.91 Å². The minimum Gasteiger partial charge on any atom is -0.485 e. The smallest absolute Gasteiger partial charge is 0.242 e. The van der Waals surface area contributed by atoms with Crippen LogP contribution < -0.4 is 4.74 Å². The number of fused-ring (bicyclic) bond motifs is 2. The summed E-state index contributed by atoms with van der Waals surface area (Å²) in [6.45, 7) is 2.32. The molecule has 1 amide bonds. The van der Waals surface area contributed by atoms with E-state index in [0.29, 0.717) is 13.2 Å². The number of carbonyl (C=O) groups excluding carboxylic acids is 1. The highest BCUT2D eigenvalue weighted by molar-refractivity contribution is 5.88. The monoisotopic (exact) mass is 399 g/mol. The van der Waals surface area contributed by atoms with Crippen molar-refractivity contribution in [1.82, 2.24) is 14.5 Å². The lowest BCUT2D eigenvalue weighted by Gasteiger charge is -2.27. The molecule has 1 aromatic heterocycles. The Hall–Kier alpha value is -3.34. The molecular weight excluding hydrogens is 374 g/mol. The molecular formula is C25H25N3O2. The van der Waals surface area contributed by atoms with Crippen molar-refractivity contribution in [3.63, 3.8) is 0 Å². The van der Waals surface area contributed by atoms with E-state index in [1.807, 2.05) is 58.0 Å². The summed E-state index contributed by atoms with van der Waals surface area (Å²) < 4.78 is 8.21. The second-order valence-corrected chi connectivity index (χ2v) is 7.81. The summed E-state index contributed by atoms with van der Waals surface area (Å²) in [6.07, 6.45) is 3.39. The number of imidazole rings is 1. The van der Waals surface area contributed by atoms with Crippen molar-refractivity contribution in [1.29, 1.82) is 0 Å². The maximum Gasteiger partial charge on any atom is 0.242 e. The molecule has 1 aliphatic heterocycles. The number of para-hydroxylation sites is 2. The van der Waals surface area contributed by atoms with Gasteiger partial charge in [0.15, 0.2) is 0 Å². The lowest BCUT2D eigenvalue weighted by molar-refractivity contribution is -0.132. The lowest BCUT2D eigenvalue weighted by Crippen LogP contribution is -2.38. The Morgan fingerprint density at radius 2 is 1.67 bits per heavy atom. The summed E-state index contributed by atoms with van der Waals surface area (Å²) >= 11 is 0. The van der Waals surface area contributed by atoms with E-state index in [1.165, 1.54) is 6.42 Å². The van der Waals surface area contributed by atoms with Crippen molar-refractivity contribution < 1.29 is 9.53 Å². The highest BCUT2D eigenvalue weighted by Gasteiger charge is 2.20. The first kappa shape index (κ1) is 18.7. The second kappa shape index (κ2) is 8.19. The Bertz CT molecular complexity index is 1190. The third-order valence-corrected chi connectivity index (χ3v) is 5.84. The molecule has 1 aliphatic rings. The highest BCUT2D eigenvalue weighted by Crippen LogP contribution is 2.26. The van der Waals surface area contributed by atoms with Gasteiger partial charge in [0.05, 0.1) is 11.0 Å².